The number of esters is 1. The van der Waals surface area contributed by atoms with Crippen molar-refractivity contribution in [1.82, 2.24) is 5.32 Å². The normalized spacial score (nSPS) is 24.8. The molecule has 33 heavy (non-hydrogen) atoms. The van der Waals surface area contributed by atoms with Gasteiger partial charge in [-0.3, -0.25) is 9.59 Å². The molecule has 8 heteroatoms. The van der Waals surface area contributed by atoms with Gasteiger partial charge in [-0.05, 0) is 18.1 Å². The van der Waals surface area contributed by atoms with Crippen LogP contribution in [0.3, 0.4) is 0 Å². The number of hydrogen-bond donors (Lipinski definition) is 1. The van der Waals surface area contributed by atoms with Crippen LogP contribution < -0.4 is 5.32 Å². The molecule has 1 saturated heterocycles. The Morgan fingerprint density at radius 2 is 1.42 bits per heavy atom. The van der Waals surface area contributed by atoms with E-state index in [4.69, 9.17) is 18.9 Å². The molecule has 2 aromatic rings. The van der Waals surface area contributed by atoms with Crippen LogP contribution in [-0.2, 0) is 41.8 Å². The maximum Gasteiger partial charge on any atom is 0.306 e. The topological polar surface area (TPSA) is 83.1 Å². The monoisotopic (exact) mass is 459 g/mol. The number of halogens is 1. The molecule has 1 fully saturated rings. The molecule has 3 unspecified atom stereocenters. The van der Waals surface area contributed by atoms with Crippen LogP contribution in [0.15, 0.2) is 60.7 Å². The fraction of sp³-hybridized carbons (Fsp3) is 0.440. The van der Waals surface area contributed by atoms with E-state index in [9.17, 15) is 14.0 Å². The second-order valence-electron chi connectivity index (χ2n) is 7.84. The third-order valence-electron chi connectivity index (χ3n) is 5.39. The fourth-order valence-corrected chi connectivity index (χ4v) is 3.57. The van der Waals surface area contributed by atoms with Crippen molar-refractivity contribution in [3.8, 4) is 0 Å². The summed E-state index contributed by atoms with van der Waals surface area (Å²) in [6.45, 7) is 1.95. The van der Waals surface area contributed by atoms with Gasteiger partial charge in [0.1, 0.15) is 12.2 Å². The number of hydrogen-bond acceptors (Lipinski definition) is 6. The summed E-state index contributed by atoms with van der Waals surface area (Å²) >= 11 is 0. The first-order valence-electron chi connectivity index (χ1n) is 11.0. The molecule has 7 nitrogen and oxygen atoms in total. The van der Waals surface area contributed by atoms with Gasteiger partial charge in [-0.1, -0.05) is 60.7 Å². The quantitative estimate of drug-likeness (QED) is 0.549. The van der Waals surface area contributed by atoms with Gasteiger partial charge in [-0.2, -0.15) is 0 Å². The maximum absolute atomic E-state index is 15.0. The largest absolute Gasteiger partial charge is 0.457 e. The van der Waals surface area contributed by atoms with Crippen LogP contribution >= 0.6 is 0 Å². The third-order valence-corrected chi connectivity index (χ3v) is 5.39. The highest BCUT2D eigenvalue weighted by Crippen LogP contribution is 2.30. The Hall–Kier alpha value is -2.81. The Kier molecular flexibility index (Phi) is 9.35. The van der Waals surface area contributed by atoms with Crippen LogP contribution in [0.25, 0.3) is 0 Å². The number of carbonyl (C=O) groups is 2. The van der Waals surface area contributed by atoms with Crippen molar-refractivity contribution in [3.05, 3.63) is 71.8 Å². The predicted octanol–water partition coefficient (Wildman–Crippen LogP) is 3.31. The highest BCUT2D eigenvalue weighted by molar-refractivity contribution is 5.81. The van der Waals surface area contributed by atoms with E-state index in [0.717, 1.165) is 11.1 Å². The Morgan fingerprint density at radius 1 is 0.879 bits per heavy atom. The van der Waals surface area contributed by atoms with Crippen molar-refractivity contribution < 1.29 is 32.9 Å². The lowest BCUT2D eigenvalue weighted by Crippen LogP contribution is -2.58. The SMILES string of the molecule is CNC(=O)CCC(=O)O[C@@H]1C(C)OC(F)C(OCc2ccccc2)[C@H]1OCc1ccccc1. The van der Waals surface area contributed by atoms with Gasteiger partial charge < -0.3 is 24.3 Å². The maximum atomic E-state index is 15.0. The van der Waals surface area contributed by atoms with Gasteiger partial charge in [-0.25, -0.2) is 4.39 Å². The highest BCUT2D eigenvalue weighted by atomic mass is 19.1. The summed E-state index contributed by atoms with van der Waals surface area (Å²) in [5.74, 6) is -0.865. The van der Waals surface area contributed by atoms with Gasteiger partial charge in [-0.15, -0.1) is 0 Å². The summed E-state index contributed by atoms with van der Waals surface area (Å²) in [5.41, 5.74) is 1.75. The minimum atomic E-state index is -1.76. The molecule has 0 bridgehead atoms. The smallest absolute Gasteiger partial charge is 0.306 e. The van der Waals surface area contributed by atoms with Crippen LogP contribution in [0.1, 0.15) is 30.9 Å². The second kappa shape index (κ2) is 12.4. The van der Waals surface area contributed by atoms with Gasteiger partial charge in [0.05, 0.1) is 25.7 Å². The molecular weight excluding hydrogens is 429 g/mol. The number of nitrogens with one attached hydrogen (secondary N) is 1. The number of rotatable bonds is 10. The lowest BCUT2D eigenvalue weighted by atomic mass is 9.99. The molecular formula is C25H30FNO6. The van der Waals surface area contributed by atoms with E-state index in [2.05, 4.69) is 5.32 Å². The van der Waals surface area contributed by atoms with Crippen LogP contribution in [0, 0.1) is 0 Å². The van der Waals surface area contributed by atoms with Crippen molar-refractivity contribution in [2.75, 3.05) is 7.05 Å². The number of ether oxygens (including phenoxy) is 4. The van der Waals surface area contributed by atoms with Crippen LogP contribution in [0.5, 0.6) is 0 Å². The van der Waals surface area contributed by atoms with Crippen molar-refractivity contribution >= 4 is 11.9 Å². The Labute approximate surface area is 193 Å². The first-order chi connectivity index (χ1) is 16.0. The van der Waals surface area contributed by atoms with Gasteiger partial charge in [0.2, 0.25) is 12.3 Å². The summed E-state index contributed by atoms with van der Waals surface area (Å²) in [5, 5.41) is 2.46. The molecule has 0 aromatic heterocycles. The van der Waals surface area contributed by atoms with Crippen LogP contribution in [-0.4, -0.2) is 49.7 Å². The number of amides is 1. The molecule has 5 atom stereocenters. The molecule has 0 saturated carbocycles. The van der Waals surface area contributed by atoms with E-state index < -0.39 is 36.7 Å². The molecule has 1 aliphatic rings. The van der Waals surface area contributed by atoms with E-state index in [-0.39, 0.29) is 32.0 Å². The van der Waals surface area contributed by atoms with Crippen LogP contribution in [0.2, 0.25) is 0 Å². The van der Waals surface area contributed by atoms with E-state index in [1.165, 1.54) is 7.05 Å². The van der Waals surface area contributed by atoms with Gasteiger partial charge in [0.25, 0.3) is 0 Å². The number of benzene rings is 2. The van der Waals surface area contributed by atoms with Crippen LogP contribution in [0.4, 0.5) is 4.39 Å². The minimum Gasteiger partial charge on any atom is -0.457 e. The Morgan fingerprint density at radius 3 is 1.97 bits per heavy atom. The minimum absolute atomic E-state index is 0.00744. The fourth-order valence-electron chi connectivity index (χ4n) is 3.57. The molecule has 178 valence electrons. The first-order valence-corrected chi connectivity index (χ1v) is 11.0. The average molecular weight is 460 g/mol. The summed E-state index contributed by atoms with van der Waals surface area (Å²) < 4.78 is 37.9. The summed E-state index contributed by atoms with van der Waals surface area (Å²) in [6.07, 6.45) is -5.56. The lowest BCUT2D eigenvalue weighted by molar-refractivity contribution is -0.282. The van der Waals surface area contributed by atoms with E-state index in [0.29, 0.717) is 0 Å². The zero-order chi connectivity index (χ0) is 23.6. The van der Waals surface area contributed by atoms with Gasteiger partial charge >= 0.3 is 5.97 Å². The molecule has 1 amide bonds. The molecule has 3 rings (SSSR count). The molecule has 1 aliphatic heterocycles. The van der Waals surface area contributed by atoms with E-state index in [1.54, 1.807) is 6.92 Å². The average Bonchev–Trinajstić information content (AvgIpc) is 2.83. The molecule has 1 heterocycles. The zero-order valence-corrected chi connectivity index (χ0v) is 18.8. The summed E-state index contributed by atoms with van der Waals surface area (Å²) in [6, 6.07) is 18.8. The molecule has 0 aliphatic carbocycles. The molecule has 2 aromatic carbocycles. The lowest BCUT2D eigenvalue weighted by Gasteiger charge is -2.42. The van der Waals surface area contributed by atoms with Crippen molar-refractivity contribution in [2.45, 2.75) is 63.8 Å². The van der Waals surface area contributed by atoms with Gasteiger partial charge in [0, 0.05) is 13.5 Å². The first kappa shape index (κ1) is 24.8. The highest BCUT2D eigenvalue weighted by Gasteiger charge is 2.48. The Balaban J connectivity index is 1.74. The standard InChI is InChI=1S/C25H30FNO6/c1-17-22(33-21(29)14-13-20(28)27-2)23(30-15-18-9-5-3-6-10-18)24(25(26)32-17)31-16-19-11-7-4-8-12-19/h3-12,17,22-25H,13-16H2,1-2H3,(H,27,28)/t17?,22-,23+,24?,25?/m1/s1. The van der Waals surface area contributed by atoms with E-state index >= 15 is 0 Å². The summed E-state index contributed by atoms with van der Waals surface area (Å²) in [7, 11) is 1.49. The van der Waals surface area contributed by atoms with Crippen molar-refractivity contribution in [3.63, 3.8) is 0 Å². The third kappa shape index (κ3) is 7.35. The zero-order valence-electron chi connectivity index (χ0n) is 18.8. The second-order valence-corrected chi connectivity index (χ2v) is 7.84. The predicted molar refractivity (Wildman–Crippen MR) is 119 cm³/mol. The number of carbonyl (C=O) groups excluding carboxylic acids is 2. The molecule has 1 N–H and O–H groups in total. The Bertz CT molecular complexity index is 881. The summed E-state index contributed by atoms with van der Waals surface area (Å²) in [4.78, 5) is 23.9. The molecule has 0 radical (unpaired) electrons. The van der Waals surface area contributed by atoms with Gasteiger partial charge in [0.15, 0.2) is 6.10 Å². The van der Waals surface area contributed by atoms with Crippen molar-refractivity contribution in [1.29, 1.82) is 0 Å². The van der Waals surface area contributed by atoms with E-state index in [1.807, 2.05) is 60.7 Å². The molecule has 0 spiro atoms. The van der Waals surface area contributed by atoms with Crippen molar-refractivity contribution in [2.24, 2.45) is 0 Å². The number of alkyl halides is 1.